The van der Waals surface area contributed by atoms with Crippen LogP contribution >= 0.6 is 11.3 Å². The zero-order valence-electron chi connectivity index (χ0n) is 12.6. The summed E-state index contributed by atoms with van der Waals surface area (Å²) in [6.07, 6.45) is 2.76. The normalized spacial score (nSPS) is 23.3. The zero-order valence-corrected chi connectivity index (χ0v) is 14.3. The first-order valence-electron chi connectivity index (χ1n) is 7.35. The molecular formula is C14H24N2O3S2. The van der Waals surface area contributed by atoms with Gasteiger partial charge in [0.1, 0.15) is 4.21 Å². The van der Waals surface area contributed by atoms with Gasteiger partial charge in [0, 0.05) is 13.2 Å². The van der Waals surface area contributed by atoms with Crippen molar-refractivity contribution in [2.45, 2.75) is 49.4 Å². The van der Waals surface area contributed by atoms with E-state index in [0.717, 1.165) is 31.4 Å². The summed E-state index contributed by atoms with van der Waals surface area (Å²) in [7, 11) is -3.47. The van der Waals surface area contributed by atoms with Crippen molar-refractivity contribution >= 4 is 21.4 Å². The maximum atomic E-state index is 12.5. The van der Waals surface area contributed by atoms with Gasteiger partial charge < -0.3 is 10.1 Å². The minimum Gasteiger partial charge on any atom is -0.380 e. The third-order valence-corrected chi connectivity index (χ3v) is 6.60. The van der Waals surface area contributed by atoms with Crippen LogP contribution in [0.15, 0.2) is 15.7 Å². The Morgan fingerprint density at radius 2 is 2.29 bits per heavy atom. The monoisotopic (exact) mass is 332 g/mol. The molecular weight excluding hydrogens is 308 g/mol. The lowest BCUT2D eigenvalue weighted by atomic mass is 9.97. The third-order valence-electron chi connectivity index (χ3n) is 3.47. The molecule has 1 aromatic rings. The predicted molar refractivity (Wildman–Crippen MR) is 85.1 cm³/mol. The molecule has 0 amide bonds. The molecule has 120 valence electrons. The lowest BCUT2D eigenvalue weighted by molar-refractivity contribution is 0.0387. The predicted octanol–water partition coefficient (Wildman–Crippen LogP) is 2.10. The average molecular weight is 332 g/mol. The Labute approximate surface area is 131 Å². The number of rotatable bonds is 7. The molecule has 2 rings (SSSR count). The highest BCUT2D eigenvalue weighted by Crippen LogP contribution is 2.25. The topological polar surface area (TPSA) is 67.4 Å². The molecule has 1 saturated heterocycles. The van der Waals surface area contributed by atoms with E-state index >= 15 is 0 Å². The summed E-state index contributed by atoms with van der Waals surface area (Å²) in [6, 6.07) is 1.75. The summed E-state index contributed by atoms with van der Waals surface area (Å²) in [5, 5.41) is 5.18. The number of hydrogen-bond donors (Lipinski definition) is 2. The van der Waals surface area contributed by atoms with Gasteiger partial charge in [-0.3, -0.25) is 0 Å². The number of thiophene rings is 1. The van der Waals surface area contributed by atoms with Crippen molar-refractivity contribution in [3.8, 4) is 0 Å². The minimum atomic E-state index is -3.47. The van der Waals surface area contributed by atoms with Crippen LogP contribution < -0.4 is 10.0 Å². The van der Waals surface area contributed by atoms with E-state index in [0.29, 0.717) is 24.0 Å². The van der Waals surface area contributed by atoms with E-state index in [2.05, 4.69) is 17.0 Å². The zero-order chi connectivity index (χ0) is 15.3. The molecule has 2 N–H and O–H groups in total. The summed E-state index contributed by atoms with van der Waals surface area (Å²) in [6.45, 7) is 6.80. The van der Waals surface area contributed by atoms with Gasteiger partial charge in [0.15, 0.2) is 0 Å². The highest BCUT2D eigenvalue weighted by atomic mass is 32.2. The molecule has 0 spiro atoms. The highest BCUT2D eigenvalue weighted by Gasteiger charge is 2.33. The lowest BCUT2D eigenvalue weighted by Crippen LogP contribution is -2.51. The number of ether oxygens (including phenoxy) is 1. The van der Waals surface area contributed by atoms with Gasteiger partial charge in [-0.15, -0.1) is 11.3 Å². The van der Waals surface area contributed by atoms with Crippen LogP contribution in [0, 0.1) is 0 Å². The quantitative estimate of drug-likeness (QED) is 0.750. The summed E-state index contributed by atoms with van der Waals surface area (Å²) in [5.74, 6) is 0. The molecule has 2 heterocycles. The molecule has 1 atom stereocenters. The van der Waals surface area contributed by atoms with Crippen LogP contribution in [0.5, 0.6) is 0 Å². The van der Waals surface area contributed by atoms with E-state index in [9.17, 15) is 8.42 Å². The Balaban J connectivity index is 2.02. The van der Waals surface area contributed by atoms with E-state index in [1.165, 1.54) is 11.3 Å². The van der Waals surface area contributed by atoms with Gasteiger partial charge in [0.05, 0.1) is 12.1 Å². The molecule has 0 aromatic carbocycles. The van der Waals surface area contributed by atoms with Crippen molar-refractivity contribution in [1.82, 2.24) is 10.0 Å². The van der Waals surface area contributed by atoms with Gasteiger partial charge in [-0.25, -0.2) is 13.1 Å². The van der Waals surface area contributed by atoms with Crippen molar-refractivity contribution in [2.24, 2.45) is 0 Å². The fourth-order valence-electron chi connectivity index (χ4n) is 2.39. The Kier molecular flexibility index (Phi) is 5.79. The van der Waals surface area contributed by atoms with Crippen molar-refractivity contribution in [2.75, 3.05) is 19.8 Å². The van der Waals surface area contributed by atoms with Crippen LogP contribution in [-0.4, -0.2) is 33.7 Å². The van der Waals surface area contributed by atoms with Gasteiger partial charge >= 0.3 is 0 Å². The molecule has 0 radical (unpaired) electrons. The second-order valence-corrected chi connectivity index (χ2v) is 8.59. The molecule has 1 aliphatic heterocycles. The van der Waals surface area contributed by atoms with Crippen molar-refractivity contribution in [3.05, 3.63) is 17.0 Å². The first-order valence-corrected chi connectivity index (χ1v) is 9.71. The van der Waals surface area contributed by atoms with E-state index in [1.54, 1.807) is 6.07 Å². The first kappa shape index (κ1) is 16.9. The molecule has 1 aliphatic rings. The SMILES string of the molecule is CCCNCc1csc(S(=O)(=O)NC2(C)CCCOC2)c1. The van der Waals surface area contributed by atoms with Crippen LogP contribution in [0.4, 0.5) is 0 Å². The molecule has 21 heavy (non-hydrogen) atoms. The summed E-state index contributed by atoms with van der Waals surface area (Å²) < 4.78 is 33.5. The summed E-state index contributed by atoms with van der Waals surface area (Å²) >= 11 is 1.27. The maximum Gasteiger partial charge on any atom is 0.250 e. The maximum absolute atomic E-state index is 12.5. The average Bonchev–Trinajstić information content (AvgIpc) is 2.88. The van der Waals surface area contributed by atoms with Crippen LogP contribution in [0.25, 0.3) is 0 Å². The second-order valence-electron chi connectivity index (χ2n) is 5.77. The molecule has 5 nitrogen and oxygen atoms in total. The Hall–Kier alpha value is -0.470. The van der Waals surface area contributed by atoms with Gasteiger partial charge in [-0.05, 0) is 49.7 Å². The highest BCUT2D eigenvalue weighted by molar-refractivity contribution is 7.91. The second kappa shape index (κ2) is 7.19. The Morgan fingerprint density at radius 1 is 1.48 bits per heavy atom. The minimum absolute atomic E-state index is 0.377. The number of nitrogens with one attached hydrogen (secondary N) is 2. The van der Waals surface area contributed by atoms with E-state index in [1.807, 2.05) is 12.3 Å². The van der Waals surface area contributed by atoms with Crippen LogP contribution in [0.3, 0.4) is 0 Å². The van der Waals surface area contributed by atoms with E-state index in [4.69, 9.17) is 4.74 Å². The number of hydrogen-bond acceptors (Lipinski definition) is 5. The molecule has 0 saturated carbocycles. The smallest absolute Gasteiger partial charge is 0.250 e. The van der Waals surface area contributed by atoms with Gasteiger partial charge in [-0.1, -0.05) is 6.92 Å². The molecule has 7 heteroatoms. The Morgan fingerprint density at radius 3 is 2.95 bits per heavy atom. The lowest BCUT2D eigenvalue weighted by Gasteiger charge is -2.33. The fraction of sp³-hybridized carbons (Fsp3) is 0.714. The van der Waals surface area contributed by atoms with E-state index < -0.39 is 15.6 Å². The Bertz CT molecular complexity index is 548. The summed E-state index contributed by atoms with van der Waals surface area (Å²) in [4.78, 5) is 0. The number of sulfonamides is 1. The van der Waals surface area contributed by atoms with Crippen molar-refractivity contribution < 1.29 is 13.2 Å². The van der Waals surface area contributed by atoms with Gasteiger partial charge in [0.25, 0.3) is 10.0 Å². The standard InChI is InChI=1S/C14H24N2O3S2/c1-3-6-15-9-12-8-13(20-10-12)21(17,18)16-14(2)5-4-7-19-11-14/h8,10,15-16H,3-7,9,11H2,1-2H3. The summed E-state index contributed by atoms with van der Waals surface area (Å²) in [5.41, 5.74) is 0.515. The van der Waals surface area contributed by atoms with Crippen LogP contribution in [-0.2, 0) is 21.3 Å². The third kappa shape index (κ3) is 4.75. The van der Waals surface area contributed by atoms with Gasteiger partial charge in [0.2, 0.25) is 0 Å². The van der Waals surface area contributed by atoms with Crippen molar-refractivity contribution in [1.29, 1.82) is 0 Å². The fourth-order valence-corrected chi connectivity index (χ4v) is 5.02. The molecule has 1 fully saturated rings. The molecule has 1 aromatic heterocycles. The molecule has 0 bridgehead atoms. The molecule has 0 aliphatic carbocycles. The van der Waals surface area contributed by atoms with Crippen LogP contribution in [0.1, 0.15) is 38.7 Å². The first-order chi connectivity index (χ1) is 9.95. The van der Waals surface area contributed by atoms with E-state index in [-0.39, 0.29) is 0 Å². The van der Waals surface area contributed by atoms with Crippen molar-refractivity contribution in [3.63, 3.8) is 0 Å². The van der Waals surface area contributed by atoms with Crippen LogP contribution in [0.2, 0.25) is 0 Å². The largest absolute Gasteiger partial charge is 0.380 e. The van der Waals surface area contributed by atoms with Gasteiger partial charge in [-0.2, -0.15) is 0 Å². The molecule has 1 unspecified atom stereocenters.